The number of rotatable bonds is 7. The molecule has 9 nitrogen and oxygen atoms in total. The molecule has 0 unspecified atom stereocenters. The molecule has 0 atom stereocenters. The van der Waals surface area contributed by atoms with E-state index in [0.29, 0.717) is 62.4 Å². The van der Waals surface area contributed by atoms with Crippen molar-refractivity contribution in [3.05, 3.63) is 42.4 Å². The number of halogens is 3. The summed E-state index contributed by atoms with van der Waals surface area (Å²) in [5.41, 5.74) is 5.53. The number of pyridine rings is 2. The number of aromatic nitrogens is 4. The maximum Gasteiger partial charge on any atom is 0.417 e. The van der Waals surface area contributed by atoms with Crippen molar-refractivity contribution < 1.29 is 22.6 Å². The van der Waals surface area contributed by atoms with Crippen molar-refractivity contribution in [3.8, 4) is 28.3 Å². The molecule has 4 rings (SSSR count). The van der Waals surface area contributed by atoms with E-state index in [1.54, 1.807) is 18.5 Å². The minimum atomic E-state index is -4.64. The van der Waals surface area contributed by atoms with Gasteiger partial charge in [-0.3, -0.25) is 4.98 Å². The topological polar surface area (TPSA) is 103 Å². The molecule has 0 radical (unpaired) electrons. The Balaban J connectivity index is 1.79. The minimum absolute atomic E-state index is 0.0789. The first-order chi connectivity index (χ1) is 16.7. The van der Waals surface area contributed by atoms with E-state index >= 15 is 0 Å². The molecule has 0 aliphatic carbocycles. The zero-order valence-corrected chi connectivity index (χ0v) is 19.4. The van der Waals surface area contributed by atoms with Gasteiger partial charge in [0.2, 0.25) is 5.95 Å². The van der Waals surface area contributed by atoms with Gasteiger partial charge in [-0.2, -0.15) is 13.2 Å². The SMILES string of the molecule is CN(C)CCOc1cncc(-c2cc(-c3cnc(N)cc3C(F)(F)F)nc(N3CCOCC3)n2)c1. The summed E-state index contributed by atoms with van der Waals surface area (Å²) in [6, 6.07) is 4.06. The summed E-state index contributed by atoms with van der Waals surface area (Å²) in [5, 5.41) is 0. The van der Waals surface area contributed by atoms with Crippen molar-refractivity contribution in [2.45, 2.75) is 6.18 Å². The predicted molar refractivity (Wildman–Crippen MR) is 125 cm³/mol. The van der Waals surface area contributed by atoms with E-state index in [-0.39, 0.29) is 17.1 Å². The van der Waals surface area contributed by atoms with Crippen LogP contribution in [0, 0.1) is 0 Å². The maximum absolute atomic E-state index is 13.8. The lowest BCUT2D eigenvalue weighted by Gasteiger charge is -2.27. The average molecular weight is 490 g/mol. The van der Waals surface area contributed by atoms with Gasteiger partial charge in [0, 0.05) is 43.2 Å². The number of alkyl halides is 3. The van der Waals surface area contributed by atoms with Crippen LogP contribution in [0.3, 0.4) is 0 Å². The Labute approximate surface area is 200 Å². The first-order valence-electron chi connectivity index (χ1n) is 11.0. The van der Waals surface area contributed by atoms with Crippen LogP contribution in [0.5, 0.6) is 5.75 Å². The van der Waals surface area contributed by atoms with Crippen molar-refractivity contribution >= 4 is 11.8 Å². The Morgan fingerprint density at radius 2 is 1.80 bits per heavy atom. The predicted octanol–water partition coefficient (Wildman–Crippen LogP) is 2.98. The van der Waals surface area contributed by atoms with Crippen LogP contribution in [0.1, 0.15) is 5.56 Å². The van der Waals surface area contributed by atoms with Crippen LogP contribution >= 0.6 is 0 Å². The first-order valence-corrected chi connectivity index (χ1v) is 11.0. The molecule has 1 saturated heterocycles. The molecule has 3 aromatic heterocycles. The van der Waals surface area contributed by atoms with E-state index in [0.717, 1.165) is 12.3 Å². The molecule has 35 heavy (non-hydrogen) atoms. The molecule has 2 N–H and O–H groups in total. The van der Waals surface area contributed by atoms with Crippen molar-refractivity contribution in [1.29, 1.82) is 0 Å². The van der Waals surface area contributed by atoms with Crippen LogP contribution in [0.25, 0.3) is 22.5 Å². The number of anilines is 2. The van der Waals surface area contributed by atoms with Crippen LogP contribution in [-0.4, -0.2) is 78.4 Å². The second kappa shape index (κ2) is 10.4. The smallest absolute Gasteiger partial charge is 0.417 e. The van der Waals surface area contributed by atoms with Gasteiger partial charge in [0.05, 0.1) is 36.4 Å². The van der Waals surface area contributed by atoms with Gasteiger partial charge >= 0.3 is 6.18 Å². The first kappa shape index (κ1) is 24.6. The number of ether oxygens (including phenoxy) is 2. The lowest BCUT2D eigenvalue weighted by Crippen LogP contribution is -2.37. The van der Waals surface area contributed by atoms with Crippen molar-refractivity contribution in [1.82, 2.24) is 24.8 Å². The molecule has 0 spiro atoms. The molecule has 3 aromatic rings. The molecule has 0 saturated carbocycles. The molecule has 4 heterocycles. The lowest BCUT2D eigenvalue weighted by molar-refractivity contribution is -0.137. The summed E-state index contributed by atoms with van der Waals surface area (Å²) in [7, 11) is 3.88. The number of morpholine rings is 1. The fourth-order valence-electron chi connectivity index (χ4n) is 3.52. The molecule has 1 fully saturated rings. The maximum atomic E-state index is 13.8. The third kappa shape index (κ3) is 6.14. The third-order valence-corrected chi connectivity index (χ3v) is 5.33. The molecule has 0 aromatic carbocycles. The highest BCUT2D eigenvalue weighted by Crippen LogP contribution is 2.38. The number of hydrogen-bond acceptors (Lipinski definition) is 9. The van der Waals surface area contributed by atoms with E-state index in [1.165, 1.54) is 6.07 Å². The van der Waals surface area contributed by atoms with E-state index in [4.69, 9.17) is 15.2 Å². The summed E-state index contributed by atoms with van der Waals surface area (Å²) in [6.07, 6.45) is -0.388. The highest BCUT2D eigenvalue weighted by Gasteiger charge is 2.35. The van der Waals surface area contributed by atoms with Gasteiger partial charge in [-0.05, 0) is 32.3 Å². The highest BCUT2D eigenvalue weighted by atomic mass is 19.4. The van der Waals surface area contributed by atoms with Crippen molar-refractivity contribution in [3.63, 3.8) is 0 Å². The zero-order valence-electron chi connectivity index (χ0n) is 19.4. The van der Waals surface area contributed by atoms with Gasteiger partial charge in [0.1, 0.15) is 18.2 Å². The Morgan fingerprint density at radius 3 is 2.51 bits per heavy atom. The van der Waals surface area contributed by atoms with Gasteiger partial charge in [-0.1, -0.05) is 0 Å². The molecule has 0 amide bonds. The largest absolute Gasteiger partial charge is 0.491 e. The molecule has 0 bridgehead atoms. The van der Waals surface area contributed by atoms with Crippen LogP contribution in [0.15, 0.2) is 36.8 Å². The van der Waals surface area contributed by atoms with Gasteiger partial charge < -0.3 is 25.0 Å². The standard InChI is InChI=1S/C23H26F3N7O2/c1-32(2)3-8-35-16-9-15(12-28-13-16)19-11-20(31-22(30-19)33-4-6-34-7-5-33)17-14-29-21(27)10-18(17)23(24,25)26/h9-14H,3-8H2,1-2H3,(H2,27,29). The van der Waals surface area contributed by atoms with E-state index in [2.05, 4.69) is 19.9 Å². The Bertz CT molecular complexity index is 1170. The summed E-state index contributed by atoms with van der Waals surface area (Å²) in [5.74, 6) is 0.600. The highest BCUT2D eigenvalue weighted by molar-refractivity contribution is 5.72. The summed E-state index contributed by atoms with van der Waals surface area (Å²) < 4.78 is 52.7. The zero-order chi connectivity index (χ0) is 25.0. The fraction of sp³-hybridized carbons (Fsp3) is 0.391. The van der Waals surface area contributed by atoms with Crippen molar-refractivity contribution in [2.75, 3.05) is 64.2 Å². The number of nitrogens with zero attached hydrogens (tertiary/aromatic N) is 6. The number of hydrogen-bond donors (Lipinski definition) is 1. The quantitative estimate of drug-likeness (QED) is 0.537. The Kier molecular flexibility index (Phi) is 7.31. The molecular weight excluding hydrogens is 463 g/mol. The second-order valence-electron chi connectivity index (χ2n) is 8.25. The Morgan fingerprint density at radius 1 is 1.06 bits per heavy atom. The normalized spacial score (nSPS) is 14.4. The molecule has 12 heteroatoms. The van der Waals surface area contributed by atoms with Gasteiger partial charge in [0.25, 0.3) is 0 Å². The molecular formula is C23H26F3N7O2. The van der Waals surface area contributed by atoms with Crippen LogP contribution in [0.2, 0.25) is 0 Å². The van der Waals surface area contributed by atoms with Gasteiger partial charge in [-0.15, -0.1) is 0 Å². The van der Waals surface area contributed by atoms with E-state index < -0.39 is 11.7 Å². The van der Waals surface area contributed by atoms with E-state index in [9.17, 15) is 13.2 Å². The number of nitrogens with two attached hydrogens (primary N) is 1. The molecule has 1 aliphatic heterocycles. The molecule has 1 aliphatic rings. The van der Waals surface area contributed by atoms with Crippen molar-refractivity contribution in [2.24, 2.45) is 0 Å². The fourth-order valence-corrected chi connectivity index (χ4v) is 3.52. The number of likely N-dealkylation sites (N-methyl/N-ethyl adjacent to an activating group) is 1. The summed E-state index contributed by atoms with van der Waals surface area (Å²) >= 11 is 0. The number of nitrogen functional groups attached to an aromatic ring is 1. The van der Waals surface area contributed by atoms with Gasteiger partial charge in [0.15, 0.2) is 0 Å². The Hall–Kier alpha value is -3.51. The van der Waals surface area contributed by atoms with Crippen LogP contribution in [-0.2, 0) is 10.9 Å². The van der Waals surface area contributed by atoms with E-state index in [1.807, 2.05) is 23.9 Å². The van der Waals surface area contributed by atoms with Crippen LogP contribution < -0.4 is 15.4 Å². The second-order valence-corrected chi connectivity index (χ2v) is 8.25. The lowest BCUT2D eigenvalue weighted by atomic mass is 10.0. The van der Waals surface area contributed by atoms with Gasteiger partial charge in [-0.25, -0.2) is 15.0 Å². The van der Waals surface area contributed by atoms with Crippen LogP contribution in [0.4, 0.5) is 24.9 Å². The summed E-state index contributed by atoms with van der Waals surface area (Å²) in [6.45, 7) is 3.14. The minimum Gasteiger partial charge on any atom is -0.491 e. The third-order valence-electron chi connectivity index (χ3n) is 5.33. The monoisotopic (exact) mass is 489 g/mol. The molecule has 186 valence electrons. The average Bonchev–Trinajstić information content (AvgIpc) is 2.84. The summed E-state index contributed by atoms with van der Waals surface area (Å²) in [4.78, 5) is 21.1.